The van der Waals surface area contributed by atoms with Crippen molar-refractivity contribution in [3.63, 3.8) is 0 Å². The molecule has 0 aliphatic heterocycles. The molecule has 0 radical (unpaired) electrons. The molecule has 4 nitrogen and oxygen atoms in total. The summed E-state index contributed by atoms with van der Waals surface area (Å²) in [4.78, 5) is 2.44. The normalized spacial score (nSPS) is 12.8. The lowest BCUT2D eigenvalue weighted by Gasteiger charge is -2.21. The van der Waals surface area contributed by atoms with E-state index in [0.717, 1.165) is 31.9 Å². The molecule has 2 rings (SSSR count). The highest BCUT2D eigenvalue weighted by Gasteiger charge is 2.09. The Hall–Kier alpha value is -1.65. The molecule has 0 bridgehead atoms. The summed E-state index contributed by atoms with van der Waals surface area (Å²) in [6.45, 7) is 10.6. The fourth-order valence-electron chi connectivity index (χ4n) is 2.45. The van der Waals surface area contributed by atoms with Crippen molar-refractivity contribution < 1.29 is 0 Å². The first-order valence-corrected chi connectivity index (χ1v) is 7.76. The first-order valence-electron chi connectivity index (χ1n) is 7.76. The van der Waals surface area contributed by atoms with Gasteiger partial charge in [0.15, 0.2) is 0 Å². The quantitative estimate of drug-likeness (QED) is 0.783. The van der Waals surface area contributed by atoms with Gasteiger partial charge in [-0.05, 0) is 37.2 Å². The monoisotopic (exact) mass is 286 g/mol. The molecule has 1 unspecified atom stereocenters. The molecule has 0 fully saturated rings. The van der Waals surface area contributed by atoms with Crippen molar-refractivity contribution in [1.29, 1.82) is 0 Å². The number of benzene rings is 1. The van der Waals surface area contributed by atoms with Crippen LogP contribution in [0.5, 0.6) is 0 Å². The maximum absolute atomic E-state index is 4.01. The van der Waals surface area contributed by atoms with E-state index in [2.05, 4.69) is 65.5 Å². The van der Waals surface area contributed by atoms with E-state index in [1.807, 2.05) is 6.07 Å². The highest BCUT2D eigenvalue weighted by molar-refractivity contribution is 5.27. The van der Waals surface area contributed by atoms with Crippen molar-refractivity contribution in [3.8, 4) is 0 Å². The highest BCUT2D eigenvalue weighted by atomic mass is 15.1. The van der Waals surface area contributed by atoms with E-state index >= 15 is 0 Å². The Morgan fingerprint density at radius 3 is 2.48 bits per heavy atom. The standard InChI is InChI=1S/C17H26N4/c1-4-21(5-2)13-16-9-7-6-8-15(16)12-18-14(3)17-10-11-19-20-17/h6-11,14,18H,4-5,12-13H2,1-3H3,(H,19,20). The van der Waals surface area contributed by atoms with Crippen LogP contribution >= 0.6 is 0 Å². The lowest BCUT2D eigenvalue weighted by atomic mass is 10.1. The maximum atomic E-state index is 4.01. The lowest BCUT2D eigenvalue weighted by molar-refractivity contribution is 0.294. The second-order valence-corrected chi connectivity index (χ2v) is 5.34. The Balaban J connectivity index is 1.99. The second-order valence-electron chi connectivity index (χ2n) is 5.34. The molecule has 2 aromatic rings. The summed E-state index contributed by atoms with van der Waals surface area (Å²) in [6.07, 6.45) is 1.79. The molecule has 0 aliphatic carbocycles. The van der Waals surface area contributed by atoms with Gasteiger partial charge < -0.3 is 5.32 Å². The number of hydrogen-bond acceptors (Lipinski definition) is 3. The number of nitrogens with zero attached hydrogens (tertiary/aromatic N) is 2. The zero-order valence-electron chi connectivity index (χ0n) is 13.3. The van der Waals surface area contributed by atoms with E-state index in [4.69, 9.17) is 0 Å². The molecule has 1 atom stereocenters. The Labute approximate surface area is 127 Å². The summed E-state index contributed by atoms with van der Waals surface area (Å²) >= 11 is 0. The summed E-state index contributed by atoms with van der Waals surface area (Å²) in [5, 5.41) is 10.6. The molecule has 0 amide bonds. The molecule has 114 valence electrons. The Kier molecular flexibility index (Phi) is 5.96. The van der Waals surface area contributed by atoms with Crippen LogP contribution in [0.3, 0.4) is 0 Å². The van der Waals surface area contributed by atoms with Gasteiger partial charge in [0.05, 0.1) is 5.69 Å². The zero-order valence-corrected chi connectivity index (χ0v) is 13.3. The van der Waals surface area contributed by atoms with Gasteiger partial charge >= 0.3 is 0 Å². The SMILES string of the molecule is CCN(CC)Cc1ccccc1CNC(C)c1ccn[nH]1. The molecule has 0 spiro atoms. The van der Waals surface area contributed by atoms with Crippen LogP contribution in [0, 0.1) is 0 Å². The molecule has 0 aliphatic rings. The average Bonchev–Trinajstić information content (AvgIpc) is 3.05. The summed E-state index contributed by atoms with van der Waals surface area (Å²) < 4.78 is 0. The lowest BCUT2D eigenvalue weighted by Crippen LogP contribution is -2.24. The summed E-state index contributed by atoms with van der Waals surface area (Å²) in [5.41, 5.74) is 3.90. The summed E-state index contributed by atoms with van der Waals surface area (Å²) in [6, 6.07) is 11.0. The van der Waals surface area contributed by atoms with E-state index in [1.54, 1.807) is 6.20 Å². The first-order chi connectivity index (χ1) is 10.2. The predicted molar refractivity (Wildman–Crippen MR) is 86.9 cm³/mol. The maximum Gasteiger partial charge on any atom is 0.0518 e. The fraction of sp³-hybridized carbons (Fsp3) is 0.471. The van der Waals surface area contributed by atoms with E-state index in [1.165, 1.54) is 11.1 Å². The van der Waals surface area contributed by atoms with Crippen molar-refractivity contribution in [2.75, 3.05) is 13.1 Å². The molecule has 21 heavy (non-hydrogen) atoms. The Morgan fingerprint density at radius 1 is 1.14 bits per heavy atom. The highest BCUT2D eigenvalue weighted by Crippen LogP contribution is 2.14. The van der Waals surface area contributed by atoms with Gasteiger partial charge in [0.1, 0.15) is 0 Å². The largest absolute Gasteiger partial charge is 0.305 e. The van der Waals surface area contributed by atoms with E-state index < -0.39 is 0 Å². The topological polar surface area (TPSA) is 44.0 Å². The smallest absolute Gasteiger partial charge is 0.0518 e. The summed E-state index contributed by atoms with van der Waals surface area (Å²) in [5.74, 6) is 0. The van der Waals surface area contributed by atoms with Gasteiger partial charge in [-0.2, -0.15) is 5.10 Å². The van der Waals surface area contributed by atoms with Crippen molar-refractivity contribution in [1.82, 2.24) is 20.4 Å². The molecule has 2 N–H and O–H groups in total. The number of H-pyrrole nitrogens is 1. The van der Waals surface area contributed by atoms with Crippen molar-refractivity contribution >= 4 is 0 Å². The molecule has 4 heteroatoms. The minimum absolute atomic E-state index is 0.272. The Bertz CT molecular complexity index is 517. The molecular formula is C17H26N4. The van der Waals surface area contributed by atoms with E-state index in [9.17, 15) is 0 Å². The minimum Gasteiger partial charge on any atom is -0.305 e. The molecule has 1 aromatic heterocycles. The molecule has 0 saturated carbocycles. The number of aromatic amines is 1. The van der Waals surface area contributed by atoms with Gasteiger partial charge in [-0.15, -0.1) is 0 Å². The molecule has 0 saturated heterocycles. The van der Waals surface area contributed by atoms with Crippen LogP contribution in [0.2, 0.25) is 0 Å². The van der Waals surface area contributed by atoms with Crippen LogP contribution in [0.25, 0.3) is 0 Å². The number of hydrogen-bond donors (Lipinski definition) is 2. The van der Waals surface area contributed by atoms with Crippen molar-refractivity contribution in [3.05, 3.63) is 53.3 Å². The van der Waals surface area contributed by atoms with Crippen LogP contribution in [-0.4, -0.2) is 28.2 Å². The van der Waals surface area contributed by atoms with Gasteiger partial charge in [0.25, 0.3) is 0 Å². The minimum atomic E-state index is 0.272. The number of nitrogens with one attached hydrogen (secondary N) is 2. The van der Waals surface area contributed by atoms with E-state index in [0.29, 0.717) is 0 Å². The predicted octanol–water partition coefficient (Wildman–Crippen LogP) is 3.10. The van der Waals surface area contributed by atoms with Gasteiger partial charge in [-0.1, -0.05) is 38.1 Å². The van der Waals surface area contributed by atoms with E-state index in [-0.39, 0.29) is 6.04 Å². The molecule has 1 aromatic carbocycles. The Morgan fingerprint density at radius 2 is 1.86 bits per heavy atom. The van der Waals surface area contributed by atoms with Crippen LogP contribution in [-0.2, 0) is 13.1 Å². The van der Waals surface area contributed by atoms with Crippen LogP contribution in [0.1, 0.15) is 43.6 Å². The zero-order chi connectivity index (χ0) is 15.1. The third-order valence-electron chi connectivity index (χ3n) is 3.99. The van der Waals surface area contributed by atoms with Gasteiger partial charge in [-0.3, -0.25) is 10.00 Å². The number of rotatable bonds is 8. The van der Waals surface area contributed by atoms with Gasteiger partial charge in [-0.25, -0.2) is 0 Å². The fourth-order valence-corrected chi connectivity index (χ4v) is 2.45. The molecular weight excluding hydrogens is 260 g/mol. The third kappa shape index (κ3) is 4.41. The van der Waals surface area contributed by atoms with Crippen LogP contribution in [0.4, 0.5) is 0 Å². The second kappa shape index (κ2) is 7.96. The van der Waals surface area contributed by atoms with Crippen molar-refractivity contribution in [2.45, 2.75) is 39.9 Å². The summed E-state index contributed by atoms with van der Waals surface area (Å²) in [7, 11) is 0. The van der Waals surface area contributed by atoms with Gasteiger partial charge in [0, 0.05) is 25.3 Å². The average molecular weight is 286 g/mol. The van der Waals surface area contributed by atoms with Crippen LogP contribution in [0.15, 0.2) is 36.5 Å². The van der Waals surface area contributed by atoms with Gasteiger partial charge in [0.2, 0.25) is 0 Å². The molecule has 1 heterocycles. The van der Waals surface area contributed by atoms with Crippen molar-refractivity contribution in [2.24, 2.45) is 0 Å². The van der Waals surface area contributed by atoms with Crippen LogP contribution < -0.4 is 5.32 Å². The number of aromatic nitrogens is 2. The first kappa shape index (κ1) is 15.7. The third-order valence-corrected chi connectivity index (χ3v) is 3.99.